The minimum Gasteiger partial charge on any atom is -0.481 e. The molecule has 0 saturated carbocycles. The molecule has 1 unspecified atom stereocenters. The van der Waals surface area contributed by atoms with Gasteiger partial charge in [-0.3, -0.25) is 4.79 Å². The molecule has 2 aromatic carbocycles. The minimum atomic E-state index is -0.293. The second kappa shape index (κ2) is 8.98. The van der Waals surface area contributed by atoms with E-state index >= 15 is 0 Å². The van der Waals surface area contributed by atoms with E-state index in [2.05, 4.69) is 19.2 Å². The van der Waals surface area contributed by atoms with Crippen molar-refractivity contribution in [3.05, 3.63) is 56.0 Å². The third-order valence-electron chi connectivity index (χ3n) is 4.44. The number of carbonyl (C=O) groups excluding carboxylic acids is 1. The third kappa shape index (κ3) is 4.64. The molecule has 0 aliphatic heterocycles. The molecule has 0 heterocycles. The largest absolute Gasteiger partial charge is 0.481 e. The lowest BCUT2D eigenvalue weighted by molar-refractivity contribution is -0.118. The maximum atomic E-state index is 12.2. The van der Waals surface area contributed by atoms with Crippen LogP contribution in [0.2, 0.25) is 15.1 Å². The van der Waals surface area contributed by atoms with Crippen LogP contribution in [0.25, 0.3) is 0 Å². The molecule has 0 aliphatic rings. The van der Waals surface area contributed by atoms with Crippen LogP contribution in [0.5, 0.6) is 5.75 Å². The first kappa shape index (κ1) is 20.9. The lowest BCUT2D eigenvalue weighted by atomic mass is 9.99. The van der Waals surface area contributed by atoms with E-state index in [1.807, 2.05) is 24.3 Å². The van der Waals surface area contributed by atoms with Crippen molar-refractivity contribution in [1.82, 2.24) is 0 Å². The van der Waals surface area contributed by atoms with Crippen LogP contribution in [0.15, 0.2) is 24.3 Å². The molecule has 1 atom stereocenters. The van der Waals surface area contributed by atoms with Crippen LogP contribution in [0.3, 0.4) is 0 Å². The predicted molar refractivity (Wildman–Crippen MR) is 110 cm³/mol. The lowest BCUT2D eigenvalue weighted by Crippen LogP contribution is -2.20. The van der Waals surface area contributed by atoms with Crippen molar-refractivity contribution < 1.29 is 9.53 Å². The highest BCUT2D eigenvalue weighted by Crippen LogP contribution is 2.42. The number of ether oxygens (including phenoxy) is 1. The van der Waals surface area contributed by atoms with Gasteiger partial charge in [-0.15, -0.1) is 0 Å². The zero-order chi connectivity index (χ0) is 19.4. The van der Waals surface area contributed by atoms with Gasteiger partial charge < -0.3 is 10.1 Å². The molecule has 0 spiro atoms. The number of halogens is 3. The molecule has 0 saturated heterocycles. The van der Waals surface area contributed by atoms with Crippen LogP contribution < -0.4 is 10.1 Å². The molecule has 1 amide bonds. The summed E-state index contributed by atoms with van der Waals surface area (Å²) < 4.78 is 5.56. The maximum Gasteiger partial charge on any atom is 0.262 e. The molecule has 2 rings (SSSR count). The SMILES string of the molecule is CCC(C)c1ccc(NC(=O)COc2c(Cl)c(C)c(Cl)c(C)c2Cl)cc1. The van der Waals surface area contributed by atoms with Crippen LogP contribution in [0.1, 0.15) is 42.9 Å². The standard InChI is InChI=1S/C20H22Cl3NO2/c1-5-11(2)14-6-8-15(9-7-14)24-16(25)10-26-20-18(22)12(3)17(21)13(4)19(20)23/h6-9,11H,5,10H2,1-4H3,(H,24,25). The summed E-state index contributed by atoms with van der Waals surface area (Å²) in [6.45, 7) is 7.67. The number of amides is 1. The van der Waals surface area contributed by atoms with Crippen LogP contribution in [0.4, 0.5) is 5.69 Å². The summed E-state index contributed by atoms with van der Waals surface area (Å²) in [4.78, 5) is 12.2. The average molecular weight is 415 g/mol. The first-order chi connectivity index (χ1) is 12.3. The van der Waals surface area contributed by atoms with Gasteiger partial charge in [-0.2, -0.15) is 0 Å². The van der Waals surface area contributed by atoms with Gasteiger partial charge in [-0.05, 0) is 55.0 Å². The summed E-state index contributed by atoms with van der Waals surface area (Å²) >= 11 is 18.7. The van der Waals surface area contributed by atoms with E-state index in [1.165, 1.54) is 5.56 Å². The van der Waals surface area contributed by atoms with Crippen molar-refractivity contribution in [3.63, 3.8) is 0 Å². The number of hydrogen-bond donors (Lipinski definition) is 1. The van der Waals surface area contributed by atoms with E-state index in [1.54, 1.807) is 13.8 Å². The van der Waals surface area contributed by atoms with Gasteiger partial charge in [0, 0.05) is 10.7 Å². The third-order valence-corrected chi connectivity index (χ3v) is 5.92. The zero-order valence-electron chi connectivity index (χ0n) is 15.3. The topological polar surface area (TPSA) is 38.3 Å². The second-order valence-corrected chi connectivity index (χ2v) is 7.42. The number of rotatable bonds is 6. The first-order valence-electron chi connectivity index (χ1n) is 8.42. The van der Waals surface area contributed by atoms with E-state index in [0.29, 0.717) is 37.8 Å². The Balaban J connectivity index is 2.04. The summed E-state index contributed by atoms with van der Waals surface area (Å²) in [7, 11) is 0. The Kier molecular flexibility index (Phi) is 7.22. The normalized spacial score (nSPS) is 12.0. The Morgan fingerprint density at radius 3 is 2.08 bits per heavy atom. The van der Waals surface area contributed by atoms with Gasteiger partial charge >= 0.3 is 0 Å². The van der Waals surface area contributed by atoms with E-state index < -0.39 is 0 Å². The molecule has 3 nitrogen and oxygen atoms in total. The quantitative estimate of drug-likeness (QED) is 0.564. The number of hydrogen-bond acceptors (Lipinski definition) is 2. The van der Waals surface area contributed by atoms with Crippen molar-refractivity contribution in [1.29, 1.82) is 0 Å². The van der Waals surface area contributed by atoms with Gasteiger partial charge in [0.2, 0.25) is 0 Å². The molecule has 2 aromatic rings. The Bertz CT molecular complexity index is 775. The highest BCUT2D eigenvalue weighted by atomic mass is 35.5. The summed E-state index contributed by atoms with van der Waals surface area (Å²) in [5.74, 6) is 0.470. The Morgan fingerprint density at radius 2 is 1.58 bits per heavy atom. The number of benzene rings is 2. The molecule has 1 N–H and O–H groups in total. The molecule has 26 heavy (non-hydrogen) atoms. The van der Waals surface area contributed by atoms with Gasteiger partial charge in [-0.1, -0.05) is 60.8 Å². The highest BCUT2D eigenvalue weighted by molar-refractivity contribution is 6.42. The van der Waals surface area contributed by atoms with Crippen molar-refractivity contribution in [2.45, 2.75) is 40.0 Å². The zero-order valence-corrected chi connectivity index (χ0v) is 17.5. The summed E-state index contributed by atoms with van der Waals surface area (Å²) in [5, 5.41) is 3.93. The van der Waals surface area contributed by atoms with Gasteiger partial charge in [0.05, 0.1) is 10.0 Å². The lowest BCUT2D eigenvalue weighted by Gasteiger charge is -2.15. The summed E-state index contributed by atoms with van der Waals surface area (Å²) in [6, 6.07) is 7.81. The van der Waals surface area contributed by atoms with E-state index in [4.69, 9.17) is 39.5 Å². The summed E-state index contributed by atoms with van der Waals surface area (Å²) in [5.41, 5.74) is 3.30. The molecule has 140 valence electrons. The molecule has 0 aliphatic carbocycles. The van der Waals surface area contributed by atoms with Crippen molar-refractivity contribution in [3.8, 4) is 5.75 Å². The van der Waals surface area contributed by atoms with E-state index in [0.717, 1.165) is 6.42 Å². The van der Waals surface area contributed by atoms with Gasteiger partial charge in [-0.25, -0.2) is 0 Å². The molecule has 0 aromatic heterocycles. The molecule has 6 heteroatoms. The summed E-state index contributed by atoms with van der Waals surface area (Å²) in [6.07, 6.45) is 1.07. The van der Waals surface area contributed by atoms with Crippen LogP contribution >= 0.6 is 34.8 Å². The van der Waals surface area contributed by atoms with Gasteiger partial charge in [0.25, 0.3) is 5.91 Å². The predicted octanol–water partition coefficient (Wildman–Crippen LogP) is 6.79. The number of carbonyl (C=O) groups is 1. The number of anilines is 1. The van der Waals surface area contributed by atoms with E-state index in [-0.39, 0.29) is 18.3 Å². The highest BCUT2D eigenvalue weighted by Gasteiger charge is 2.18. The van der Waals surface area contributed by atoms with E-state index in [9.17, 15) is 4.79 Å². The van der Waals surface area contributed by atoms with Crippen molar-refractivity contribution in [2.24, 2.45) is 0 Å². The smallest absolute Gasteiger partial charge is 0.262 e. The first-order valence-corrected chi connectivity index (χ1v) is 9.55. The average Bonchev–Trinajstić information content (AvgIpc) is 2.64. The van der Waals surface area contributed by atoms with Crippen LogP contribution in [-0.4, -0.2) is 12.5 Å². The fraction of sp³-hybridized carbons (Fsp3) is 0.350. The van der Waals surface area contributed by atoms with Crippen molar-refractivity contribution in [2.75, 3.05) is 11.9 Å². The molecular weight excluding hydrogens is 393 g/mol. The van der Waals surface area contributed by atoms with Crippen molar-refractivity contribution >= 4 is 46.4 Å². The fourth-order valence-corrected chi connectivity index (χ4v) is 3.32. The fourth-order valence-electron chi connectivity index (χ4n) is 2.50. The Labute approximate surface area is 169 Å². The second-order valence-electron chi connectivity index (χ2n) is 6.29. The molecule has 0 radical (unpaired) electrons. The molecular formula is C20H22Cl3NO2. The molecule has 0 bridgehead atoms. The van der Waals surface area contributed by atoms with Crippen LogP contribution in [0, 0.1) is 13.8 Å². The van der Waals surface area contributed by atoms with Crippen LogP contribution in [-0.2, 0) is 4.79 Å². The Morgan fingerprint density at radius 1 is 1.04 bits per heavy atom. The monoisotopic (exact) mass is 413 g/mol. The van der Waals surface area contributed by atoms with Gasteiger partial charge in [0.1, 0.15) is 0 Å². The number of nitrogens with one attached hydrogen (secondary N) is 1. The van der Waals surface area contributed by atoms with Gasteiger partial charge in [0.15, 0.2) is 12.4 Å². The molecule has 0 fully saturated rings. The Hall–Kier alpha value is -1.42. The minimum absolute atomic E-state index is 0.201. The maximum absolute atomic E-state index is 12.2.